The van der Waals surface area contributed by atoms with E-state index in [4.69, 9.17) is 0 Å². The minimum Gasteiger partial charge on any atom is -0.342 e. The van der Waals surface area contributed by atoms with Crippen molar-refractivity contribution in [3.05, 3.63) is 35.4 Å². The van der Waals surface area contributed by atoms with Crippen LogP contribution in [0.2, 0.25) is 0 Å². The molecule has 3 rings (SSSR count). The molecular weight excluding hydrogens is 336 g/mol. The number of amides is 1. The van der Waals surface area contributed by atoms with Gasteiger partial charge in [-0.25, -0.2) is 12.7 Å². The molecule has 0 bridgehead atoms. The topological polar surface area (TPSA) is 57.7 Å². The standard InChI is InChI=1S/C19H28N2O3S/c1-16-5-7-17(8-6-16)15-25(23,24)21-13-9-18(10-14-21)19(22)20-11-3-2-4-12-20/h5-8,18H,2-4,9-15H2,1H3. The first kappa shape index (κ1) is 18.4. The summed E-state index contributed by atoms with van der Waals surface area (Å²) >= 11 is 0. The maximum atomic E-state index is 12.6. The van der Waals surface area contributed by atoms with Gasteiger partial charge in [-0.05, 0) is 44.6 Å². The molecule has 0 N–H and O–H groups in total. The summed E-state index contributed by atoms with van der Waals surface area (Å²) in [4.78, 5) is 14.6. The molecular formula is C19H28N2O3S. The summed E-state index contributed by atoms with van der Waals surface area (Å²) in [5.74, 6) is 0.261. The van der Waals surface area contributed by atoms with Crippen LogP contribution in [-0.4, -0.2) is 49.7 Å². The third-order valence-corrected chi connectivity index (χ3v) is 7.18. The van der Waals surface area contributed by atoms with Gasteiger partial charge in [0.15, 0.2) is 0 Å². The molecule has 2 aliphatic rings. The number of piperidine rings is 2. The van der Waals surface area contributed by atoms with E-state index in [2.05, 4.69) is 0 Å². The zero-order valence-electron chi connectivity index (χ0n) is 15.0. The van der Waals surface area contributed by atoms with Crippen LogP contribution in [0.1, 0.15) is 43.2 Å². The first-order chi connectivity index (χ1) is 12.0. The number of hydrogen-bond acceptors (Lipinski definition) is 3. The van der Waals surface area contributed by atoms with Crippen molar-refractivity contribution in [2.24, 2.45) is 5.92 Å². The lowest BCUT2D eigenvalue weighted by molar-refractivity contribution is -0.137. The van der Waals surface area contributed by atoms with Crippen LogP contribution in [0.4, 0.5) is 0 Å². The lowest BCUT2D eigenvalue weighted by atomic mass is 9.95. The summed E-state index contributed by atoms with van der Waals surface area (Å²) in [5.41, 5.74) is 1.94. The predicted octanol–water partition coefficient (Wildman–Crippen LogP) is 2.55. The van der Waals surface area contributed by atoms with E-state index in [1.807, 2.05) is 36.1 Å². The fourth-order valence-electron chi connectivity index (χ4n) is 3.74. The molecule has 0 atom stereocenters. The number of rotatable bonds is 4. The Bertz CT molecular complexity index is 686. The molecule has 1 amide bonds. The quantitative estimate of drug-likeness (QED) is 0.825. The second kappa shape index (κ2) is 7.87. The van der Waals surface area contributed by atoms with Gasteiger partial charge >= 0.3 is 0 Å². The van der Waals surface area contributed by atoms with Gasteiger partial charge in [0, 0.05) is 32.1 Å². The summed E-state index contributed by atoms with van der Waals surface area (Å²) in [6.07, 6.45) is 4.68. The number of benzene rings is 1. The van der Waals surface area contributed by atoms with Crippen molar-refractivity contribution in [2.45, 2.75) is 44.8 Å². The Balaban J connectivity index is 1.55. The molecule has 1 aromatic carbocycles. The van der Waals surface area contributed by atoms with E-state index in [0.29, 0.717) is 25.9 Å². The molecule has 0 aromatic heterocycles. The Morgan fingerprint density at radius 3 is 2.20 bits per heavy atom. The van der Waals surface area contributed by atoms with Crippen LogP contribution in [0.5, 0.6) is 0 Å². The van der Waals surface area contributed by atoms with Crippen LogP contribution in [0.15, 0.2) is 24.3 Å². The number of hydrogen-bond donors (Lipinski definition) is 0. The average Bonchev–Trinajstić information content (AvgIpc) is 2.64. The monoisotopic (exact) mass is 364 g/mol. The highest BCUT2D eigenvalue weighted by atomic mass is 32.2. The first-order valence-corrected chi connectivity index (χ1v) is 10.9. The highest BCUT2D eigenvalue weighted by Gasteiger charge is 2.33. The van der Waals surface area contributed by atoms with Gasteiger partial charge in [0.25, 0.3) is 0 Å². The zero-order chi connectivity index (χ0) is 17.9. The van der Waals surface area contributed by atoms with Gasteiger partial charge < -0.3 is 4.90 Å². The first-order valence-electron chi connectivity index (χ1n) is 9.28. The highest BCUT2D eigenvalue weighted by Crippen LogP contribution is 2.24. The highest BCUT2D eigenvalue weighted by molar-refractivity contribution is 7.88. The fourth-order valence-corrected chi connectivity index (χ4v) is 5.30. The fraction of sp³-hybridized carbons (Fsp3) is 0.632. The molecule has 2 fully saturated rings. The Labute approximate surface area is 151 Å². The van der Waals surface area contributed by atoms with Gasteiger partial charge in [-0.2, -0.15) is 0 Å². The molecule has 6 heteroatoms. The molecule has 0 spiro atoms. The van der Waals surface area contributed by atoms with Gasteiger partial charge in [-0.1, -0.05) is 29.8 Å². The molecule has 2 aliphatic heterocycles. The molecule has 0 radical (unpaired) electrons. The van der Waals surface area contributed by atoms with Crippen LogP contribution in [0.25, 0.3) is 0 Å². The number of carbonyl (C=O) groups excluding carboxylic acids is 1. The third-order valence-electron chi connectivity index (χ3n) is 5.33. The molecule has 0 aliphatic carbocycles. The maximum Gasteiger partial charge on any atom is 0.225 e. The molecule has 138 valence electrons. The van der Waals surface area contributed by atoms with Crippen LogP contribution in [0.3, 0.4) is 0 Å². The normalized spacial score (nSPS) is 20.6. The Morgan fingerprint density at radius 2 is 1.60 bits per heavy atom. The van der Waals surface area contributed by atoms with Crippen molar-refractivity contribution in [3.63, 3.8) is 0 Å². The summed E-state index contributed by atoms with van der Waals surface area (Å²) in [6.45, 7) is 4.63. The summed E-state index contributed by atoms with van der Waals surface area (Å²) in [6, 6.07) is 7.63. The minimum absolute atomic E-state index is 0.0103. The molecule has 5 nitrogen and oxygen atoms in total. The van der Waals surface area contributed by atoms with E-state index >= 15 is 0 Å². The summed E-state index contributed by atoms with van der Waals surface area (Å²) in [5, 5.41) is 0. The summed E-state index contributed by atoms with van der Waals surface area (Å²) in [7, 11) is -3.31. The number of sulfonamides is 1. The number of aryl methyl sites for hydroxylation is 1. The van der Waals surface area contributed by atoms with Gasteiger partial charge in [-0.15, -0.1) is 0 Å². The van der Waals surface area contributed by atoms with Crippen molar-refractivity contribution < 1.29 is 13.2 Å². The van der Waals surface area contributed by atoms with Gasteiger partial charge in [-0.3, -0.25) is 4.79 Å². The van der Waals surface area contributed by atoms with E-state index in [9.17, 15) is 13.2 Å². The van der Waals surface area contributed by atoms with Gasteiger partial charge in [0.05, 0.1) is 5.75 Å². The smallest absolute Gasteiger partial charge is 0.225 e. The van der Waals surface area contributed by atoms with Crippen molar-refractivity contribution in [1.29, 1.82) is 0 Å². The zero-order valence-corrected chi connectivity index (χ0v) is 15.8. The molecule has 2 saturated heterocycles. The molecule has 0 saturated carbocycles. The van der Waals surface area contributed by atoms with Crippen LogP contribution < -0.4 is 0 Å². The number of likely N-dealkylation sites (tertiary alicyclic amines) is 1. The van der Waals surface area contributed by atoms with Crippen LogP contribution in [0, 0.1) is 12.8 Å². The van der Waals surface area contributed by atoms with Crippen molar-refractivity contribution >= 4 is 15.9 Å². The van der Waals surface area contributed by atoms with Gasteiger partial charge in [0.2, 0.25) is 15.9 Å². The predicted molar refractivity (Wildman–Crippen MR) is 98.5 cm³/mol. The number of nitrogens with zero attached hydrogens (tertiary/aromatic N) is 2. The third kappa shape index (κ3) is 4.61. The average molecular weight is 365 g/mol. The lowest BCUT2D eigenvalue weighted by Gasteiger charge is -2.35. The maximum absolute atomic E-state index is 12.6. The lowest BCUT2D eigenvalue weighted by Crippen LogP contribution is -2.45. The van der Waals surface area contributed by atoms with Crippen LogP contribution in [-0.2, 0) is 20.6 Å². The minimum atomic E-state index is -3.31. The largest absolute Gasteiger partial charge is 0.342 e. The summed E-state index contributed by atoms with van der Waals surface area (Å²) < 4.78 is 26.9. The molecule has 2 heterocycles. The van der Waals surface area contributed by atoms with Gasteiger partial charge in [0.1, 0.15) is 0 Å². The van der Waals surface area contributed by atoms with Crippen molar-refractivity contribution in [3.8, 4) is 0 Å². The Morgan fingerprint density at radius 1 is 1.00 bits per heavy atom. The van der Waals surface area contributed by atoms with E-state index < -0.39 is 10.0 Å². The Kier molecular flexibility index (Phi) is 5.79. The second-order valence-electron chi connectivity index (χ2n) is 7.30. The van der Waals surface area contributed by atoms with E-state index in [0.717, 1.165) is 37.1 Å². The molecule has 0 unspecified atom stereocenters. The molecule has 25 heavy (non-hydrogen) atoms. The van der Waals surface area contributed by atoms with Crippen molar-refractivity contribution in [1.82, 2.24) is 9.21 Å². The second-order valence-corrected chi connectivity index (χ2v) is 9.27. The molecule has 1 aromatic rings. The van der Waals surface area contributed by atoms with Crippen molar-refractivity contribution in [2.75, 3.05) is 26.2 Å². The van der Waals surface area contributed by atoms with E-state index in [1.165, 1.54) is 6.42 Å². The SMILES string of the molecule is Cc1ccc(CS(=O)(=O)N2CCC(C(=O)N3CCCCC3)CC2)cc1. The van der Waals surface area contributed by atoms with E-state index in [-0.39, 0.29) is 17.6 Å². The van der Waals surface area contributed by atoms with E-state index in [1.54, 1.807) is 4.31 Å². The van der Waals surface area contributed by atoms with Crippen LogP contribution >= 0.6 is 0 Å². The number of carbonyl (C=O) groups is 1. The Hall–Kier alpha value is -1.40.